The molecule has 0 bridgehead atoms. The molecule has 1 heterocycles. The summed E-state index contributed by atoms with van der Waals surface area (Å²) in [6.45, 7) is 1.52. The van der Waals surface area contributed by atoms with Gasteiger partial charge in [-0.15, -0.1) is 0 Å². The Morgan fingerprint density at radius 1 is 1.13 bits per heavy atom. The van der Waals surface area contributed by atoms with Gasteiger partial charge < -0.3 is 20.0 Å². The normalized spacial score (nSPS) is 21.4. The second-order valence-electron chi connectivity index (χ2n) is 7.58. The van der Waals surface area contributed by atoms with Crippen LogP contribution in [0.1, 0.15) is 32.6 Å². The minimum Gasteiger partial charge on any atom is -0.457 e. The first-order chi connectivity index (χ1) is 14.6. The van der Waals surface area contributed by atoms with Gasteiger partial charge in [-0.05, 0) is 68.3 Å². The maximum absolute atomic E-state index is 13.5. The lowest BCUT2D eigenvalue weighted by atomic mass is 9.91. The van der Waals surface area contributed by atoms with E-state index in [-0.39, 0.29) is 36.5 Å². The smallest absolute Gasteiger partial charge is 0.239 e. The van der Waals surface area contributed by atoms with Crippen molar-refractivity contribution in [2.24, 2.45) is 5.73 Å². The number of hydrogen-bond acceptors (Lipinski definition) is 6. The average molecular weight is 466 g/mol. The van der Waals surface area contributed by atoms with Gasteiger partial charge in [-0.3, -0.25) is 4.79 Å². The van der Waals surface area contributed by atoms with Crippen LogP contribution >= 0.6 is 11.6 Å². The molecule has 0 saturated carbocycles. The number of sulfone groups is 1. The molecule has 1 fully saturated rings. The molecule has 166 valence electrons. The second-order valence-corrected chi connectivity index (χ2v) is 10.3. The molecule has 1 amide bonds. The molecule has 2 atom stereocenters. The molecule has 1 saturated heterocycles. The number of carbonyl (C=O) groups is 2. The molecule has 0 aliphatic carbocycles. The van der Waals surface area contributed by atoms with Crippen LogP contribution in [0.2, 0.25) is 5.02 Å². The van der Waals surface area contributed by atoms with Gasteiger partial charge in [0.05, 0.1) is 11.0 Å². The Morgan fingerprint density at radius 2 is 1.71 bits per heavy atom. The number of benzene rings is 2. The monoisotopic (exact) mass is 465 g/mol. The number of ether oxygens (including phenoxy) is 2. The van der Waals surface area contributed by atoms with E-state index in [1.165, 1.54) is 31.2 Å². The SMILES string of the molecule is CC(=O)CCC1CC(C(N)=O)(S(=O)(=O)c2ccc(Oc3ccc(Cl)cc3)cc2)CCO1. The van der Waals surface area contributed by atoms with Crippen LogP contribution in [0.4, 0.5) is 0 Å². The van der Waals surface area contributed by atoms with Crippen molar-refractivity contribution >= 4 is 33.1 Å². The van der Waals surface area contributed by atoms with Gasteiger partial charge in [0.15, 0.2) is 14.6 Å². The summed E-state index contributed by atoms with van der Waals surface area (Å²) >= 11 is 5.86. The second kappa shape index (κ2) is 9.38. The molecule has 1 aliphatic heterocycles. The van der Waals surface area contributed by atoms with Crippen LogP contribution < -0.4 is 10.5 Å². The third-order valence-electron chi connectivity index (χ3n) is 5.38. The van der Waals surface area contributed by atoms with Crippen LogP contribution in [0, 0.1) is 0 Å². The summed E-state index contributed by atoms with van der Waals surface area (Å²) in [5, 5.41) is 0.573. The van der Waals surface area contributed by atoms with Gasteiger partial charge in [0, 0.05) is 24.5 Å². The van der Waals surface area contributed by atoms with Crippen molar-refractivity contribution in [3.63, 3.8) is 0 Å². The molecule has 2 N–H and O–H groups in total. The topological polar surface area (TPSA) is 113 Å². The fraction of sp³-hybridized carbons (Fsp3) is 0.364. The predicted octanol–water partition coefficient (Wildman–Crippen LogP) is 3.68. The minimum atomic E-state index is -4.10. The molecule has 3 rings (SSSR count). The Hall–Kier alpha value is -2.42. The van der Waals surface area contributed by atoms with E-state index >= 15 is 0 Å². The van der Waals surface area contributed by atoms with Crippen LogP contribution in [-0.2, 0) is 24.2 Å². The molecule has 9 heteroatoms. The quantitative estimate of drug-likeness (QED) is 0.636. The number of nitrogens with two attached hydrogens (primary N) is 1. The largest absolute Gasteiger partial charge is 0.457 e. The van der Waals surface area contributed by atoms with Gasteiger partial charge in [-0.1, -0.05) is 11.6 Å². The summed E-state index contributed by atoms with van der Waals surface area (Å²) in [6, 6.07) is 12.6. The lowest BCUT2D eigenvalue weighted by molar-refractivity contribution is -0.125. The van der Waals surface area contributed by atoms with Gasteiger partial charge in [0.1, 0.15) is 17.3 Å². The summed E-state index contributed by atoms with van der Waals surface area (Å²) in [5.74, 6) is 0.0372. The molecule has 0 spiro atoms. The Kier molecular flexibility index (Phi) is 7.03. The number of Topliss-reactive ketones (excluding diaryl/α,β-unsaturated/α-hetero) is 1. The van der Waals surface area contributed by atoms with Gasteiger partial charge in [-0.2, -0.15) is 0 Å². The lowest BCUT2D eigenvalue weighted by Gasteiger charge is -2.38. The summed E-state index contributed by atoms with van der Waals surface area (Å²) < 4.78 is 36.4. The van der Waals surface area contributed by atoms with Crippen LogP contribution in [0.15, 0.2) is 53.4 Å². The van der Waals surface area contributed by atoms with E-state index in [0.717, 1.165) is 0 Å². The number of ketones is 1. The summed E-state index contributed by atoms with van der Waals surface area (Å²) in [6.07, 6.45) is -0.0672. The van der Waals surface area contributed by atoms with Crippen molar-refractivity contribution in [2.45, 2.75) is 48.4 Å². The van der Waals surface area contributed by atoms with E-state index in [9.17, 15) is 18.0 Å². The Balaban J connectivity index is 1.84. The maximum Gasteiger partial charge on any atom is 0.239 e. The number of rotatable bonds is 8. The standard InChI is InChI=1S/C22H24ClNO6S/c1-15(25)2-5-19-14-22(21(24)26,12-13-29-19)31(27,28)20-10-8-18(9-11-20)30-17-6-3-16(23)4-7-17/h3-4,6-11,19H,2,5,12-14H2,1H3,(H2,24,26). The number of carbonyl (C=O) groups excluding carboxylic acids is 2. The van der Waals surface area contributed by atoms with Crippen LogP contribution in [0.25, 0.3) is 0 Å². The Morgan fingerprint density at radius 3 is 2.26 bits per heavy atom. The minimum absolute atomic E-state index is 0.0259. The molecule has 31 heavy (non-hydrogen) atoms. The lowest BCUT2D eigenvalue weighted by Crippen LogP contribution is -2.55. The highest BCUT2D eigenvalue weighted by molar-refractivity contribution is 7.93. The molecule has 2 unspecified atom stereocenters. The van der Waals surface area contributed by atoms with Gasteiger partial charge >= 0.3 is 0 Å². The molecule has 2 aromatic rings. The van der Waals surface area contributed by atoms with E-state index in [0.29, 0.717) is 22.9 Å². The predicted molar refractivity (Wildman–Crippen MR) is 116 cm³/mol. The number of primary amides is 1. The summed E-state index contributed by atoms with van der Waals surface area (Å²) in [7, 11) is -4.10. The van der Waals surface area contributed by atoms with Crippen LogP contribution in [0.3, 0.4) is 0 Å². The Labute approximate surface area is 186 Å². The van der Waals surface area contributed by atoms with Gasteiger partial charge in [-0.25, -0.2) is 8.42 Å². The summed E-state index contributed by atoms with van der Waals surface area (Å²) in [4.78, 5) is 23.7. The molecule has 0 radical (unpaired) electrons. The van der Waals surface area contributed by atoms with Crippen molar-refractivity contribution in [1.82, 2.24) is 0 Å². The first-order valence-electron chi connectivity index (χ1n) is 9.83. The van der Waals surface area contributed by atoms with Crippen molar-refractivity contribution in [1.29, 1.82) is 0 Å². The van der Waals surface area contributed by atoms with Crippen LogP contribution in [0.5, 0.6) is 11.5 Å². The Bertz CT molecular complexity index is 1050. The van der Waals surface area contributed by atoms with E-state index in [4.69, 9.17) is 26.8 Å². The maximum atomic E-state index is 13.5. The van der Waals surface area contributed by atoms with Gasteiger partial charge in [0.25, 0.3) is 0 Å². The van der Waals surface area contributed by atoms with Crippen molar-refractivity contribution in [3.05, 3.63) is 53.6 Å². The van der Waals surface area contributed by atoms with Crippen molar-refractivity contribution < 1.29 is 27.5 Å². The highest BCUT2D eigenvalue weighted by atomic mass is 35.5. The first kappa shape index (κ1) is 23.2. The van der Waals surface area contributed by atoms with Crippen molar-refractivity contribution in [3.8, 4) is 11.5 Å². The molecule has 7 nitrogen and oxygen atoms in total. The van der Waals surface area contributed by atoms with E-state index in [1.807, 2.05) is 0 Å². The average Bonchev–Trinajstić information content (AvgIpc) is 2.74. The zero-order chi connectivity index (χ0) is 22.6. The zero-order valence-corrected chi connectivity index (χ0v) is 18.6. The zero-order valence-electron chi connectivity index (χ0n) is 17.0. The molecule has 2 aromatic carbocycles. The fourth-order valence-electron chi connectivity index (χ4n) is 3.62. The fourth-order valence-corrected chi connectivity index (χ4v) is 5.71. The van der Waals surface area contributed by atoms with E-state index in [2.05, 4.69) is 0 Å². The van der Waals surface area contributed by atoms with Crippen LogP contribution in [-0.4, -0.2) is 37.6 Å². The summed E-state index contributed by atoms with van der Waals surface area (Å²) in [5.41, 5.74) is 5.61. The highest BCUT2D eigenvalue weighted by Gasteiger charge is 2.53. The van der Waals surface area contributed by atoms with E-state index < -0.39 is 26.6 Å². The van der Waals surface area contributed by atoms with Gasteiger partial charge in [0.2, 0.25) is 5.91 Å². The third kappa shape index (κ3) is 5.08. The first-order valence-corrected chi connectivity index (χ1v) is 11.7. The molecular formula is C22H24ClNO6S. The molecule has 0 aromatic heterocycles. The van der Waals surface area contributed by atoms with Crippen molar-refractivity contribution in [2.75, 3.05) is 6.61 Å². The van der Waals surface area contributed by atoms with E-state index in [1.54, 1.807) is 24.3 Å². The number of amides is 1. The number of halogens is 1. The molecular weight excluding hydrogens is 442 g/mol. The third-order valence-corrected chi connectivity index (χ3v) is 8.13. The number of hydrogen-bond donors (Lipinski definition) is 1. The highest BCUT2D eigenvalue weighted by Crippen LogP contribution is 2.38. The molecule has 1 aliphatic rings.